The summed E-state index contributed by atoms with van der Waals surface area (Å²) >= 11 is 1.67. The van der Waals surface area contributed by atoms with Gasteiger partial charge in [-0.2, -0.15) is 0 Å². The summed E-state index contributed by atoms with van der Waals surface area (Å²) in [6.45, 7) is 0. The van der Waals surface area contributed by atoms with Gasteiger partial charge in [-0.05, 0) is 31.0 Å². The van der Waals surface area contributed by atoms with Crippen molar-refractivity contribution in [1.82, 2.24) is 0 Å². The molecule has 98 valence electrons. The first-order chi connectivity index (χ1) is 8.70. The average molecular weight is 266 g/mol. The highest BCUT2D eigenvalue weighted by molar-refractivity contribution is 8.00. The second kappa shape index (κ2) is 6.14. The molecule has 2 rings (SSSR count). The molecule has 0 amide bonds. The SMILES string of the molecule is COc1cccc(SC2CCCCC2C(=O)O)c1. The summed E-state index contributed by atoms with van der Waals surface area (Å²) in [5.74, 6) is -0.0484. The Bertz CT molecular complexity index is 419. The van der Waals surface area contributed by atoms with E-state index in [2.05, 4.69) is 0 Å². The Hall–Kier alpha value is -1.16. The highest BCUT2D eigenvalue weighted by atomic mass is 32.2. The van der Waals surface area contributed by atoms with Gasteiger partial charge >= 0.3 is 5.97 Å². The van der Waals surface area contributed by atoms with Crippen LogP contribution in [-0.4, -0.2) is 23.4 Å². The van der Waals surface area contributed by atoms with Crippen LogP contribution in [-0.2, 0) is 4.79 Å². The number of benzene rings is 1. The molecule has 1 saturated carbocycles. The summed E-state index contributed by atoms with van der Waals surface area (Å²) in [6.07, 6.45) is 3.95. The molecule has 1 aliphatic rings. The minimum absolute atomic E-state index is 0.184. The van der Waals surface area contributed by atoms with E-state index >= 15 is 0 Å². The lowest BCUT2D eigenvalue weighted by molar-refractivity contribution is -0.142. The molecule has 1 fully saturated rings. The Kier molecular flexibility index (Phi) is 4.53. The van der Waals surface area contributed by atoms with Crippen molar-refractivity contribution < 1.29 is 14.6 Å². The maximum absolute atomic E-state index is 11.2. The number of carboxylic acids is 1. The van der Waals surface area contributed by atoms with E-state index in [1.807, 2.05) is 24.3 Å². The monoisotopic (exact) mass is 266 g/mol. The number of carbonyl (C=O) groups is 1. The predicted octanol–water partition coefficient (Wildman–Crippen LogP) is 3.43. The number of aliphatic carboxylic acids is 1. The largest absolute Gasteiger partial charge is 0.497 e. The van der Waals surface area contributed by atoms with E-state index in [0.717, 1.165) is 36.3 Å². The zero-order chi connectivity index (χ0) is 13.0. The molecule has 0 bridgehead atoms. The summed E-state index contributed by atoms with van der Waals surface area (Å²) in [5, 5.41) is 9.43. The fourth-order valence-corrected chi connectivity index (χ4v) is 3.76. The molecule has 4 heteroatoms. The molecule has 1 N–H and O–H groups in total. The van der Waals surface area contributed by atoms with Crippen LogP contribution in [0.1, 0.15) is 25.7 Å². The van der Waals surface area contributed by atoms with E-state index in [1.165, 1.54) is 0 Å². The van der Waals surface area contributed by atoms with Crippen LogP contribution in [0.25, 0.3) is 0 Å². The van der Waals surface area contributed by atoms with Gasteiger partial charge < -0.3 is 9.84 Å². The topological polar surface area (TPSA) is 46.5 Å². The smallest absolute Gasteiger partial charge is 0.307 e. The molecule has 0 radical (unpaired) electrons. The summed E-state index contributed by atoms with van der Waals surface area (Å²) in [7, 11) is 1.64. The maximum Gasteiger partial charge on any atom is 0.307 e. The van der Waals surface area contributed by atoms with Crippen LogP contribution in [0.3, 0.4) is 0 Å². The molecule has 0 aromatic heterocycles. The van der Waals surface area contributed by atoms with Crippen LogP contribution in [0.15, 0.2) is 29.2 Å². The Labute approximate surface area is 112 Å². The Morgan fingerprint density at radius 2 is 2.17 bits per heavy atom. The number of hydrogen-bond acceptors (Lipinski definition) is 3. The lowest BCUT2D eigenvalue weighted by Gasteiger charge is -2.27. The van der Waals surface area contributed by atoms with E-state index in [1.54, 1.807) is 18.9 Å². The standard InChI is InChI=1S/C14H18O3S/c1-17-10-5-4-6-11(9-10)18-13-8-3-2-7-12(13)14(15)16/h4-6,9,12-13H,2-3,7-8H2,1H3,(H,15,16). The first-order valence-electron chi connectivity index (χ1n) is 6.24. The van der Waals surface area contributed by atoms with Gasteiger partial charge in [0, 0.05) is 10.1 Å². The van der Waals surface area contributed by atoms with Crippen molar-refractivity contribution >= 4 is 17.7 Å². The summed E-state index contributed by atoms with van der Waals surface area (Å²) < 4.78 is 5.19. The van der Waals surface area contributed by atoms with E-state index in [0.29, 0.717) is 0 Å². The third kappa shape index (κ3) is 3.19. The quantitative estimate of drug-likeness (QED) is 0.907. The second-order valence-corrected chi connectivity index (χ2v) is 5.88. The molecule has 2 unspecified atom stereocenters. The van der Waals surface area contributed by atoms with Gasteiger partial charge in [0.2, 0.25) is 0 Å². The zero-order valence-electron chi connectivity index (χ0n) is 10.5. The number of methoxy groups -OCH3 is 1. The van der Waals surface area contributed by atoms with Crippen molar-refractivity contribution in [3.05, 3.63) is 24.3 Å². The molecule has 1 aromatic carbocycles. The maximum atomic E-state index is 11.2. The molecule has 3 nitrogen and oxygen atoms in total. The Balaban J connectivity index is 2.08. The molecular weight excluding hydrogens is 248 g/mol. The summed E-state index contributed by atoms with van der Waals surface area (Å²) in [4.78, 5) is 12.3. The van der Waals surface area contributed by atoms with Gasteiger partial charge in [-0.3, -0.25) is 4.79 Å². The van der Waals surface area contributed by atoms with Crippen LogP contribution in [0.2, 0.25) is 0 Å². The van der Waals surface area contributed by atoms with E-state index in [-0.39, 0.29) is 11.2 Å². The predicted molar refractivity (Wildman–Crippen MR) is 72.2 cm³/mol. The van der Waals surface area contributed by atoms with Crippen LogP contribution in [0.4, 0.5) is 0 Å². The molecule has 18 heavy (non-hydrogen) atoms. The van der Waals surface area contributed by atoms with E-state index in [9.17, 15) is 9.90 Å². The van der Waals surface area contributed by atoms with Gasteiger partial charge in [0.15, 0.2) is 0 Å². The number of rotatable bonds is 4. The number of hydrogen-bond donors (Lipinski definition) is 1. The summed E-state index contributed by atoms with van der Waals surface area (Å²) in [6, 6.07) is 7.83. The number of carboxylic acid groups (broad SMARTS) is 1. The number of ether oxygens (including phenoxy) is 1. The molecule has 0 spiro atoms. The third-order valence-corrected chi connectivity index (χ3v) is 4.74. The zero-order valence-corrected chi connectivity index (χ0v) is 11.3. The van der Waals surface area contributed by atoms with Crippen LogP contribution in [0.5, 0.6) is 5.75 Å². The molecule has 0 heterocycles. The highest BCUT2D eigenvalue weighted by Crippen LogP contribution is 2.38. The van der Waals surface area contributed by atoms with Gasteiger partial charge in [-0.15, -0.1) is 11.8 Å². The Morgan fingerprint density at radius 3 is 2.89 bits per heavy atom. The summed E-state index contributed by atoms with van der Waals surface area (Å²) in [5.41, 5.74) is 0. The minimum Gasteiger partial charge on any atom is -0.497 e. The number of thioether (sulfide) groups is 1. The molecule has 2 atom stereocenters. The van der Waals surface area contributed by atoms with Gasteiger partial charge in [0.05, 0.1) is 13.0 Å². The molecule has 1 aromatic rings. The van der Waals surface area contributed by atoms with Crippen LogP contribution in [0, 0.1) is 5.92 Å². The average Bonchev–Trinajstić information content (AvgIpc) is 2.39. The lowest BCUT2D eigenvalue weighted by Crippen LogP contribution is -2.28. The van der Waals surface area contributed by atoms with Crippen molar-refractivity contribution in [3.63, 3.8) is 0 Å². The third-order valence-electron chi connectivity index (χ3n) is 3.35. The first kappa shape index (κ1) is 13.3. The van der Waals surface area contributed by atoms with Crippen molar-refractivity contribution in [2.45, 2.75) is 35.8 Å². The fraction of sp³-hybridized carbons (Fsp3) is 0.500. The first-order valence-corrected chi connectivity index (χ1v) is 7.12. The van der Waals surface area contributed by atoms with E-state index < -0.39 is 5.97 Å². The molecule has 0 saturated heterocycles. The van der Waals surface area contributed by atoms with Crippen molar-refractivity contribution in [2.75, 3.05) is 7.11 Å². The highest BCUT2D eigenvalue weighted by Gasteiger charge is 2.31. The minimum atomic E-state index is -0.657. The normalized spacial score (nSPS) is 23.6. The van der Waals surface area contributed by atoms with Gasteiger partial charge in [0.25, 0.3) is 0 Å². The fourth-order valence-electron chi connectivity index (χ4n) is 2.37. The van der Waals surface area contributed by atoms with Gasteiger partial charge in [-0.1, -0.05) is 18.9 Å². The van der Waals surface area contributed by atoms with Gasteiger partial charge in [0.1, 0.15) is 5.75 Å². The van der Waals surface area contributed by atoms with Crippen molar-refractivity contribution in [1.29, 1.82) is 0 Å². The van der Waals surface area contributed by atoms with Crippen molar-refractivity contribution in [2.24, 2.45) is 5.92 Å². The molecule has 0 aliphatic heterocycles. The van der Waals surface area contributed by atoms with Crippen LogP contribution >= 0.6 is 11.8 Å². The van der Waals surface area contributed by atoms with Crippen LogP contribution < -0.4 is 4.74 Å². The molecule has 1 aliphatic carbocycles. The Morgan fingerprint density at radius 1 is 1.39 bits per heavy atom. The molecular formula is C14H18O3S. The van der Waals surface area contributed by atoms with Crippen molar-refractivity contribution in [3.8, 4) is 5.75 Å². The van der Waals surface area contributed by atoms with E-state index in [4.69, 9.17) is 4.74 Å². The second-order valence-electron chi connectivity index (χ2n) is 4.56. The lowest BCUT2D eigenvalue weighted by atomic mass is 9.89. The van der Waals surface area contributed by atoms with Gasteiger partial charge in [-0.25, -0.2) is 0 Å².